The number of piperazine rings is 1. The lowest BCUT2D eigenvalue weighted by molar-refractivity contribution is 0.245. The molecule has 0 spiro atoms. The maximum absolute atomic E-state index is 13.8. The first kappa shape index (κ1) is 20.3. The highest BCUT2D eigenvalue weighted by molar-refractivity contribution is 5.85. The van der Waals surface area contributed by atoms with Gasteiger partial charge < -0.3 is 9.64 Å². The number of anilines is 1. The summed E-state index contributed by atoms with van der Waals surface area (Å²) in [5.41, 5.74) is 4.99. The molecule has 0 bridgehead atoms. The molecule has 1 saturated heterocycles. The third-order valence-electron chi connectivity index (χ3n) is 6.20. The number of aromatic nitrogens is 2. The van der Waals surface area contributed by atoms with Crippen molar-refractivity contribution in [1.29, 1.82) is 5.26 Å². The van der Waals surface area contributed by atoms with Gasteiger partial charge in [0.05, 0.1) is 23.7 Å². The number of hydrogen-bond donors (Lipinski definition) is 0. The minimum absolute atomic E-state index is 0.248. The highest BCUT2D eigenvalue weighted by Crippen LogP contribution is 2.30. The molecule has 2 aromatic heterocycles. The number of halogens is 1. The van der Waals surface area contributed by atoms with E-state index in [1.807, 2.05) is 31.2 Å². The molecule has 5 rings (SSSR count). The number of imidazole rings is 1. The van der Waals surface area contributed by atoms with Crippen LogP contribution in [0.2, 0.25) is 0 Å². The summed E-state index contributed by atoms with van der Waals surface area (Å²) in [6.07, 6.45) is 0. The van der Waals surface area contributed by atoms with E-state index in [2.05, 4.69) is 26.3 Å². The summed E-state index contributed by atoms with van der Waals surface area (Å²) in [6, 6.07) is 17.1. The predicted molar refractivity (Wildman–Crippen MR) is 123 cm³/mol. The van der Waals surface area contributed by atoms with Gasteiger partial charge in [-0.25, -0.2) is 9.37 Å². The summed E-state index contributed by atoms with van der Waals surface area (Å²) in [6.45, 7) is 5.94. The second kappa shape index (κ2) is 8.13. The van der Waals surface area contributed by atoms with Crippen LogP contribution in [0, 0.1) is 24.1 Å². The summed E-state index contributed by atoms with van der Waals surface area (Å²) < 4.78 is 21.3. The minimum atomic E-state index is -0.248. The Kier molecular flexibility index (Phi) is 5.16. The minimum Gasteiger partial charge on any atom is -0.496 e. The molecule has 3 heterocycles. The molecule has 4 aromatic rings. The van der Waals surface area contributed by atoms with Gasteiger partial charge in [-0.3, -0.25) is 9.30 Å². The predicted octanol–water partition coefficient (Wildman–Crippen LogP) is 4.14. The molecule has 0 unspecified atom stereocenters. The standard InChI is InChI=1S/C25H24FN5O/c1-17-13-24(31-22-6-4-3-5-21(22)28-25(31)20(17)15-27)30-11-9-29(10-12-30)16-18-14-19(26)7-8-23(18)32-2/h3-8,13-14H,9-12,16H2,1-2H3. The van der Waals surface area contributed by atoms with E-state index in [0.29, 0.717) is 23.5 Å². The quantitative estimate of drug-likeness (QED) is 0.488. The molecule has 6 nitrogen and oxygen atoms in total. The average Bonchev–Trinajstić information content (AvgIpc) is 3.19. The molecule has 162 valence electrons. The fraction of sp³-hybridized carbons (Fsp3) is 0.280. The number of aryl methyl sites for hydroxylation is 1. The first-order valence-corrected chi connectivity index (χ1v) is 10.7. The van der Waals surface area contributed by atoms with Crippen LogP contribution in [0.25, 0.3) is 16.7 Å². The zero-order valence-electron chi connectivity index (χ0n) is 18.2. The Bertz CT molecular complexity index is 1350. The van der Waals surface area contributed by atoms with Gasteiger partial charge in [0, 0.05) is 38.3 Å². The third kappa shape index (κ3) is 3.43. The maximum Gasteiger partial charge on any atom is 0.157 e. The molecular weight excluding hydrogens is 405 g/mol. The number of para-hydroxylation sites is 2. The van der Waals surface area contributed by atoms with Gasteiger partial charge in [-0.05, 0) is 48.9 Å². The number of benzene rings is 2. The Balaban J connectivity index is 1.45. The van der Waals surface area contributed by atoms with Crippen LogP contribution in [-0.4, -0.2) is 47.6 Å². The van der Waals surface area contributed by atoms with E-state index in [-0.39, 0.29) is 5.82 Å². The van der Waals surface area contributed by atoms with Crippen LogP contribution < -0.4 is 9.64 Å². The molecule has 0 aliphatic carbocycles. The lowest BCUT2D eigenvalue weighted by Crippen LogP contribution is -2.46. The van der Waals surface area contributed by atoms with Gasteiger partial charge in [0.2, 0.25) is 0 Å². The molecule has 1 fully saturated rings. The molecule has 0 N–H and O–H groups in total. The third-order valence-corrected chi connectivity index (χ3v) is 6.20. The summed E-state index contributed by atoms with van der Waals surface area (Å²) in [5.74, 6) is 1.51. The molecule has 7 heteroatoms. The lowest BCUT2D eigenvalue weighted by atomic mass is 10.1. The molecule has 32 heavy (non-hydrogen) atoms. The van der Waals surface area contributed by atoms with Crippen molar-refractivity contribution in [2.45, 2.75) is 13.5 Å². The number of rotatable bonds is 4. The van der Waals surface area contributed by atoms with Gasteiger partial charge >= 0.3 is 0 Å². The topological polar surface area (TPSA) is 56.8 Å². The Morgan fingerprint density at radius 3 is 2.62 bits per heavy atom. The van der Waals surface area contributed by atoms with Crippen molar-refractivity contribution in [1.82, 2.24) is 14.3 Å². The molecule has 0 atom stereocenters. The molecule has 1 aliphatic rings. The van der Waals surface area contributed by atoms with E-state index in [0.717, 1.165) is 54.2 Å². The number of fused-ring (bicyclic) bond motifs is 3. The summed E-state index contributed by atoms with van der Waals surface area (Å²) in [7, 11) is 1.61. The highest BCUT2D eigenvalue weighted by Gasteiger charge is 2.23. The summed E-state index contributed by atoms with van der Waals surface area (Å²) >= 11 is 0. The van der Waals surface area contributed by atoms with Gasteiger partial charge in [-0.1, -0.05) is 12.1 Å². The first-order valence-electron chi connectivity index (χ1n) is 10.7. The first-order chi connectivity index (χ1) is 15.6. The molecular formula is C25H24FN5O. The monoisotopic (exact) mass is 429 g/mol. The molecule has 0 saturated carbocycles. The maximum atomic E-state index is 13.8. The van der Waals surface area contributed by atoms with E-state index >= 15 is 0 Å². The van der Waals surface area contributed by atoms with Crippen LogP contribution in [-0.2, 0) is 6.54 Å². The smallest absolute Gasteiger partial charge is 0.157 e. The fourth-order valence-corrected chi connectivity index (χ4v) is 4.55. The van der Waals surface area contributed by atoms with E-state index in [1.165, 1.54) is 6.07 Å². The van der Waals surface area contributed by atoms with Crippen LogP contribution in [0.15, 0.2) is 48.5 Å². The molecule has 0 amide bonds. The van der Waals surface area contributed by atoms with Crippen molar-refractivity contribution in [3.63, 3.8) is 0 Å². The fourth-order valence-electron chi connectivity index (χ4n) is 4.55. The Morgan fingerprint density at radius 2 is 1.88 bits per heavy atom. The number of pyridine rings is 1. The largest absolute Gasteiger partial charge is 0.496 e. The Morgan fingerprint density at radius 1 is 1.09 bits per heavy atom. The van der Waals surface area contributed by atoms with Gasteiger partial charge in [0.1, 0.15) is 23.5 Å². The van der Waals surface area contributed by atoms with Gasteiger partial charge in [-0.2, -0.15) is 5.26 Å². The normalized spacial score (nSPS) is 14.8. The van der Waals surface area contributed by atoms with Crippen LogP contribution in [0.1, 0.15) is 16.7 Å². The summed E-state index contributed by atoms with van der Waals surface area (Å²) in [5, 5.41) is 9.72. The molecule has 0 radical (unpaired) electrons. The number of methoxy groups -OCH3 is 1. The molecule has 1 aliphatic heterocycles. The number of ether oxygens (including phenoxy) is 1. The lowest BCUT2D eigenvalue weighted by Gasteiger charge is -2.36. The van der Waals surface area contributed by atoms with Crippen LogP contribution >= 0.6 is 0 Å². The van der Waals surface area contributed by atoms with E-state index in [9.17, 15) is 9.65 Å². The second-order valence-corrected chi connectivity index (χ2v) is 8.15. The molecule has 2 aromatic carbocycles. The van der Waals surface area contributed by atoms with E-state index in [4.69, 9.17) is 9.72 Å². The number of nitrogens with zero attached hydrogens (tertiary/aromatic N) is 5. The Hall–Kier alpha value is -3.63. The van der Waals surface area contributed by atoms with E-state index < -0.39 is 0 Å². The van der Waals surface area contributed by atoms with E-state index in [1.54, 1.807) is 19.2 Å². The van der Waals surface area contributed by atoms with Crippen molar-refractivity contribution in [3.05, 3.63) is 71.0 Å². The SMILES string of the molecule is COc1ccc(F)cc1CN1CCN(c2cc(C)c(C#N)c3nc4ccccc4n23)CC1. The van der Waals surface area contributed by atoms with Crippen LogP contribution in [0.3, 0.4) is 0 Å². The van der Waals surface area contributed by atoms with Crippen LogP contribution in [0.4, 0.5) is 10.2 Å². The zero-order chi connectivity index (χ0) is 22.2. The van der Waals surface area contributed by atoms with Crippen molar-refractivity contribution in [2.24, 2.45) is 0 Å². The van der Waals surface area contributed by atoms with Crippen molar-refractivity contribution in [3.8, 4) is 11.8 Å². The number of nitriles is 1. The van der Waals surface area contributed by atoms with Crippen LogP contribution in [0.5, 0.6) is 5.75 Å². The van der Waals surface area contributed by atoms with Gasteiger partial charge in [0.15, 0.2) is 5.65 Å². The number of hydrogen-bond acceptors (Lipinski definition) is 5. The summed E-state index contributed by atoms with van der Waals surface area (Å²) in [4.78, 5) is 9.41. The van der Waals surface area contributed by atoms with Crippen molar-refractivity contribution >= 4 is 22.5 Å². The second-order valence-electron chi connectivity index (χ2n) is 8.15. The zero-order valence-corrected chi connectivity index (χ0v) is 18.2. The highest BCUT2D eigenvalue weighted by atomic mass is 19.1. The van der Waals surface area contributed by atoms with Gasteiger partial charge in [0.25, 0.3) is 0 Å². The Labute approximate surface area is 186 Å². The van der Waals surface area contributed by atoms with Crippen molar-refractivity contribution in [2.75, 3.05) is 38.2 Å². The van der Waals surface area contributed by atoms with Crippen molar-refractivity contribution < 1.29 is 9.13 Å². The average molecular weight is 429 g/mol. The van der Waals surface area contributed by atoms with Gasteiger partial charge in [-0.15, -0.1) is 0 Å².